The average Bonchev–Trinajstić information content (AvgIpc) is 2.85. The van der Waals surface area contributed by atoms with Crippen LogP contribution in [0.4, 0.5) is 0 Å². The van der Waals surface area contributed by atoms with Crippen molar-refractivity contribution < 1.29 is 9.90 Å². The van der Waals surface area contributed by atoms with Gasteiger partial charge in [0, 0.05) is 20.2 Å². The van der Waals surface area contributed by atoms with Crippen LogP contribution in [0.5, 0.6) is 0 Å². The summed E-state index contributed by atoms with van der Waals surface area (Å²) in [4.78, 5) is 11.5. The van der Waals surface area contributed by atoms with E-state index in [1.165, 1.54) is 20.2 Å². The number of carboxylic acid groups (broad SMARTS) is 1. The lowest BCUT2D eigenvalue weighted by Crippen LogP contribution is -2.11. The maximum absolute atomic E-state index is 11.5. The maximum atomic E-state index is 11.5. The van der Waals surface area contributed by atoms with E-state index in [-0.39, 0.29) is 0 Å². The molecule has 0 bridgehead atoms. The standard InChI is InChI=1S/C18H18O2S/c1-2-3-6-13(18(19)20)12-9-10-17-15(11-12)14-7-4-5-8-16(14)21-17/h4-5,7-11,13H,2-3,6H2,1H3,(H,19,20). The molecule has 0 aliphatic carbocycles. The van der Waals surface area contributed by atoms with E-state index in [0.717, 1.165) is 18.4 Å². The summed E-state index contributed by atoms with van der Waals surface area (Å²) >= 11 is 1.76. The van der Waals surface area contributed by atoms with Crippen molar-refractivity contribution in [1.29, 1.82) is 0 Å². The van der Waals surface area contributed by atoms with E-state index >= 15 is 0 Å². The third-order valence-electron chi connectivity index (χ3n) is 3.95. The van der Waals surface area contributed by atoms with E-state index < -0.39 is 11.9 Å². The molecule has 0 aliphatic rings. The fraction of sp³-hybridized carbons (Fsp3) is 0.278. The van der Waals surface area contributed by atoms with Crippen molar-refractivity contribution in [2.75, 3.05) is 0 Å². The van der Waals surface area contributed by atoms with Crippen LogP contribution in [0, 0.1) is 0 Å². The van der Waals surface area contributed by atoms with Gasteiger partial charge in [-0.2, -0.15) is 0 Å². The molecule has 1 heterocycles. The van der Waals surface area contributed by atoms with Gasteiger partial charge in [0.25, 0.3) is 0 Å². The second kappa shape index (κ2) is 5.86. The van der Waals surface area contributed by atoms with Gasteiger partial charge in [0.2, 0.25) is 0 Å². The smallest absolute Gasteiger partial charge is 0.310 e. The minimum absolute atomic E-state index is 0.395. The Morgan fingerprint density at radius 1 is 1.14 bits per heavy atom. The zero-order valence-electron chi connectivity index (χ0n) is 12.0. The van der Waals surface area contributed by atoms with Crippen LogP contribution >= 0.6 is 11.3 Å². The van der Waals surface area contributed by atoms with Crippen molar-refractivity contribution in [2.45, 2.75) is 32.1 Å². The van der Waals surface area contributed by atoms with E-state index in [1.54, 1.807) is 11.3 Å². The molecule has 1 N–H and O–H groups in total. The van der Waals surface area contributed by atoms with E-state index in [4.69, 9.17) is 0 Å². The molecule has 21 heavy (non-hydrogen) atoms. The summed E-state index contributed by atoms with van der Waals surface area (Å²) < 4.78 is 2.48. The van der Waals surface area contributed by atoms with Crippen LogP contribution < -0.4 is 0 Å². The molecule has 0 radical (unpaired) electrons. The molecular formula is C18H18O2S. The van der Waals surface area contributed by atoms with Crippen molar-refractivity contribution in [1.82, 2.24) is 0 Å². The van der Waals surface area contributed by atoms with Crippen LogP contribution in [0.2, 0.25) is 0 Å². The quantitative estimate of drug-likeness (QED) is 0.683. The lowest BCUT2D eigenvalue weighted by atomic mass is 9.92. The number of carbonyl (C=O) groups is 1. The Bertz CT molecular complexity index is 788. The van der Waals surface area contributed by atoms with Crippen molar-refractivity contribution in [3.63, 3.8) is 0 Å². The number of unbranched alkanes of at least 4 members (excludes halogenated alkanes) is 1. The SMILES string of the molecule is CCCCC(C(=O)O)c1ccc2sc3ccccc3c2c1. The maximum Gasteiger partial charge on any atom is 0.310 e. The second-order valence-corrected chi connectivity index (χ2v) is 6.47. The monoisotopic (exact) mass is 298 g/mol. The summed E-state index contributed by atoms with van der Waals surface area (Å²) in [5, 5.41) is 11.9. The average molecular weight is 298 g/mol. The predicted octanol–water partition coefficient (Wildman–Crippen LogP) is 5.41. The second-order valence-electron chi connectivity index (χ2n) is 5.39. The lowest BCUT2D eigenvalue weighted by Gasteiger charge is -2.12. The molecule has 1 unspecified atom stereocenters. The molecule has 2 aromatic carbocycles. The van der Waals surface area contributed by atoms with Gasteiger partial charge in [-0.1, -0.05) is 44.0 Å². The Labute approximate surface area is 128 Å². The fourth-order valence-electron chi connectivity index (χ4n) is 2.80. The molecule has 3 heteroatoms. The number of fused-ring (bicyclic) bond motifs is 3. The third kappa shape index (κ3) is 2.66. The van der Waals surface area contributed by atoms with Crippen molar-refractivity contribution in [3.8, 4) is 0 Å². The Balaban J connectivity index is 2.10. The third-order valence-corrected chi connectivity index (χ3v) is 5.10. The van der Waals surface area contributed by atoms with E-state index in [2.05, 4.69) is 31.2 Å². The van der Waals surface area contributed by atoms with Gasteiger partial charge < -0.3 is 5.11 Å². The van der Waals surface area contributed by atoms with E-state index in [1.807, 2.05) is 18.2 Å². The molecule has 0 amide bonds. The first-order valence-electron chi connectivity index (χ1n) is 7.34. The normalized spacial score (nSPS) is 12.8. The minimum Gasteiger partial charge on any atom is -0.481 e. The Morgan fingerprint density at radius 3 is 2.67 bits per heavy atom. The fourth-order valence-corrected chi connectivity index (χ4v) is 3.89. The number of benzene rings is 2. The zero-order valence-corrected chi connectivity index (χ0v) is 12.8. The highest BCUT2D eigenvalue weighted by molar-refractivity contribution is 7.25. The number of hydrogen-bond acceptors (Lipinski definition) is 2. The molecule has 1 aromatic heterocycles. The van der Waals surface area contributed by atoms with Crippen LogP contribution in [-0.2, 0) is 4.79 Å². The molecule has 0 saturated heterocycles. The first-order valence-corrected chi connectivity index (χ1v) is 8.16. The van der Waals surface area contributed by atoms with Gasteiger partial charge in [0.05, 0.1) is 5.92 Å². The number of hydrogen-bond donors (Lipinski definition) is 1. The molecular weight excluding hydrogens is 280 g/mol. The van der Waals surface area contributed by atoms with Crippen molar-refractivity contribution in [3.05, 3.63) is 48.0 Å². The molecule has 0 aliphatic heterocycles. The number of rotatable bonds is 5. The highest BCUT2D eigenvalue weighted by Crippen LogP contribution is 2.36. The van der Waals surface area contributed by atoms with Gasteiger partial charge in [0.15, 0.2) is 0 Å². The van der Waals surface area contributed by atoms with Gasteiger partial charge in [-0.25, -0.2) is 0 Å². The van der Waals surface area contributed by atoms with E-state index in [0.29, 0.717) is 6.42 Å². The molecule has 2 nitrogen and oxygen atoms in total. The highest BCUT2D eigenvalue weighted by Gasteiger charge is 2.20. The molecule has 0 saturated carbocycles. The number of aliphatic carboxylic acids is 1. The van der Waals surface area contributed by atoms with Crippen molar-refractivity contribution >= 4 is 37.5 Å². The summed E-state index contributed by atoms with van der Waals surface area (Å²) in [6.45, 7) is 2.09. The summed E-state index contributed by atoms with van der Waals surface area (Å²) in [5.74, 6) is -1.12. The summed E-state index contributed by atoms with van der Waals surface area (Å²) in [6.07, 6.45) is 2.67. The van der Waals surface area contributed by atoms with Gasteiger partial charge in [0.1, 0.15) is 0 Å². The molecule has 3 aromatic rings. The van der Waals surface area contributed by atoms with E-state index in [9.17, 15) is 9.90 Å². The topological polar surface area (TPSA) is 37.3 Å². The van der Waals surface area contributed by atoms with Gasteiger partial charge in [-0.3, -0.25) is 4.79 Å². The Kier molecular flexibility index (Phi) is 3.93. The van der Waals surface area contributed by atoms with Crippen LogP contribution in [0.15, 0.2) is 42.5 Å². The van der Waals surface area contributed by atoms with Gasteiger partial charge >= 0.3 is 5.97 Å². The molecule has 1 atom stereocenters. The molecule has 0 spiro atoms. The van der Waals surface area contributed by atoms with Crippen LogP contribution in [-0.4, -0.2) is 11.1 Å². The first-order chi connectivity index (χ1) is 10.2. The van der Waals surface area contributed by atoms with Crippen LogP contribution in [0.3, 0.4) is 0 Å². The largest absolute Gasteiger partial charge is 0.481 e. The van der Waals surface area contributed by atoms with Gasteiger partial charge in [-0.15, -0.1) is 11.3 Å². The molecule has 108 valence electrons. The molecule has 3 rings (SSSR count). The van der Waals surface area contributed by atoms with Crippen LogP contribution in [0.25, 0.3) is 20.2 Å². The summed E-state index contributed by atoms with van der Waals surface area (Å²) in [6, 6.07) is 14.4. The lowest BCUT2D eigenvalue weighted by molar-refractivity contribution is -0.139. The first kappa shape index (κ1) is 14.1. The van der Waals surface area contributed by atoms with Crippen molar-refractivity contribution in [2.24, 2.45) is 0 Å². The predicted molar refractivity (Wildman–Crippen MR) is 89.2 cm³/mol. The summed E-state index contributed by atoms with van der Waals surface area (Å²) in [7, 11) is 0. The molecule has 0 fully saturated rings. The van der Waals surface area contributed by atoms with Crippen LogP contribution in [0.1, 0.15) is 37.7 Å². The minimum atomic E-state index is -0.720. The summed E-state index contributed by atoms with van der Waals surface area (Å²) in [5.41, 5.74) is 0.923. The Morgan fingerprint density at radius 2 is 1.90 bits per heavy atom. The van der Waals surface area contributed by atoms with Gasteiger partial charge in [-0.05, 0) is 30.2 Å². The highest BCUT2D eigenvalue weighted by atomic mass is 32.1. The number of thiophene rings is 1. The zero-order chi connectivity index (χ0) is 14.8. The Hall–Kier alpha value is -1.87. The number of carboxylic acids is 1.